The van der Waals surface area contributed by atoms with Crippen molar-refractivity contribution in [2.45, 2.75) is 25.7 Å². The molecule has 162 valence electrons. The fourth-order valence-electron chi connectivity index (χ4n) is 3.69. The molecule has 5 nitrogen and oxygen atoms in total. The van der Waals surface area contributed by atoms with Gasteiger partial charge in [0.25, 0.3) is 0 Å². The molecule has 32 heavy (non-hydrogen) atoms. The van der Waals surface area contributed by atoms with Crippen molar-refractivity contribution in [3.63, 3.8) is 0 Å². The lowest BCUT2D eigenvalue weighted by molar-refractivity contribution is -0.137. The molecule has 0 bridgehead atoms. The SMILES string of the molecule is FC(F)(F)c1ccc(-c2nc(CN3CCc4nc(-c5ccncc5)ncc4C3)cs2)cc1. The molecule has 0 unspecified atom stereocenters. The van der Waals surface area contributed by atoms with Crippen LogP contribution < -0.4 is 0 Å². The molecule has 0 spiro atoms. The molecule has 0 amide bonds. The summed E-state index contributed by atoms with van der Waals surface area (Å²) in [5.74, 6) is 0.709. The first kappa shape index (κ1) is 20.7. The minimum Gasteiger partial charge on any atom is -0.293 e. The highest BCUT2D eigenvalue weighted by Gasteiger charge is 2.30. The molecule has 0 saturated carbocycles. The van der Waals surface area contributed by atoms with Gasteiger partial charge < -0.3 is 0 Å². The third-order valence-electron chi connectivity index (χ3n) is 5.35. The summed E-state index contributed by atoms with van der Waals surface area (Å²) in [5.41, 5.74) is 4.06. The van der Waals surface area contributed by atoms with Crippen LogP contribution in [0.4, 0.5) is 13.2 Å². The van der Waals surface area contributed by atoms with Crippen LogP contribution >= 0.6 is 11.3 Å². The Hall–Kier alpha value is -3.17. The Labute approximate surface area is 186 Å². The third-order valence-corrected chi connectivity index (χ3v) is 6.29. The molecule has 0 saturated heterocycles. The zero-order valence-corrected chi connectivity index (χ0v) is 17.7. The second-order valence-electron chi connectivity index (χ2n) is 7.58. The molecule has 0 N–H and O–H groups in total. The maximum atomic E-state index is 12.8. The molecule has 5 rings (SSSR count). The van der Waals surface area contributed by atoms with Crippen molar-refractivity contribution in [3.8, 4) is 22.0 Å². The van der Waals surface area contributed by atoms with E-state index >= 15 is 0 Å². The van der Waals surface area contributed by atoms with Gasteiger partial charge in [0.2, 0.25) is 0 Å². The van der Waals surface area contributed by atoms with Gasteiger partial charge in [-0.3, -0.25) is 9.88 Å². The summed E-state index contributed by atoms with van der Waals surface area (Å²) >= 11 is 1.44. The molecule has 1 aliphatic heterocycles. The van der Waals surface area contributed by atoms with Crippen LogP contribution in [0, 0.1) is 0 Å². The van der Waals surface area contributed by atoms with Crippen molar-refractivity contribution in [2.75, 3.05) is 6.54 Å². The van der Waals surface area contributed by atoms with Crippen molar-refractivity contribution < 1.29 is 13.2 Å². The number of rotatable bonds is 4. The topological polar surface area (TPSA) is 54.8 Å². The van der Waals surface area contributed by atoms with Crippen LogP contribution in [-0.4, -0.2) is 31.4 Å². The van der Waals surface area contributed by atoms with E-state index in [0.717, 1.165) is 59.2 Å². The molecule has 4 aromatic rings. The Morgan fingerprint density at radius 3 is 2.50 bits per heavy atom. The van der Waals surface area contributed by atoms with Crippen LogP contribution in [-0.2, 0) is 25.7 Å². The van der Waals surface area contributed by atoms with Crippen LogP contribution in [0.2, 0.25) is 0 Å². The summed E-state index contributed by atoms with van der Waals surface area (Å²) in [4.78, 5) is 20.2. The number of halogens is 3. The number of aromatic nitrogens is 4. The van der Waals surface area contributed by atoms with Crippen LogP contribution in [0.15, 0.2) is 60.4 Å². The highest BCUT2D eigenvalue weighted by atomic mass is 32.1. The maximum Gasteiger partial charge on any atom is 0.416 e. The number of fused-ring (bicyclic) bond motifs is 1. The summed E-state index contributed by atoms with van der Waals surface area (Å²) in [7, 11) is 0. The smallest absolute Gasteiger partial charge is 0.293 e. The van der Waals surface area contributed by atoms with Crippen LogP contribution in [0.3, 0.4) is 0 Å². The lowest BCUT2D eigenvalue weighted by Crippen LogP contribution is -2.31. The summed E-state index contributed by atoms with van der Waals surface area (Å²) in [6.07, 6.45) is 1.84. The molecule has 3 aromatic heterocycles. The van der Waals surface area contributed by atoms with E-state index in [-0.39, 0.29) is 0 Å². The molecular weight excluding hydrogens is 435 g/mol. The van der Waals surface area contributed by atoms with E-state index in [4.69, 9.17) is 4.98 Å². The molecule has 1 aromatic carbocycles. The van der Waals surface area contributed by atoms with Crippen LogP contribution in [0.25, 0.3) is 22.0 Å². The Kier molecular flexibility index (Phi) is 5.44. The Morgan fingerprint density at radius 1 is 0.969 bits per heavy atom. The first-order valence-electron chi connectivity index (χ1n) is 10.1. The Bertz CT molecular complexity index is 1220. The number of hydrogen-bond acceptors (Lipinski definition) is 6. The van der Waals surface area contributed by atoms with Gasteiger partial charge in [0, 0.05) is 66.7 Å². The van der Waals surface area contributed by atoms with Gasteiger partial charge >= 0.3 is 6.18 Å². The van der Waals surface area contributed by atoms with E-state index in [0.29, 0.717) is 17.9 Å². The quantitative estimate of drug-likeness (QED) is 0.423. The fraction of sp³-hybridized carbons (Fsp3) is 0.217. The lowest BCUT2D eigenvalue weighted by Gasteiger charge is -2.27. The first-order chi connectivity index (χ1) is 15.5. The van der Waals surface area contributed by atoms with Gasteiger partial charge in [0.05, 0.1) is 17.0 Å². The number of nitrogens with zero attached hydrogens (tertiary/aromatic N) is 5. The van der Waals surface area contributed by atoms with Gasteiger partial charge in [-0.15, -0.1) is 11.3 Å². The average molecular weight is 453 g/mol. The molecule has 9 heteroatoms. The standard InChI is InChI=1S/C23H18F3N5S/c24-23(25,26)18-3-1-16(2-4-18)22-29-19(14-32-22)13-31-10-7-20-17(12-31)11-28-21(30-20)15-5-8-27-9-6-15/h1-6,8-9,11,14H,7,10,12-13H2. The van der Waals surface area contributed by atoms with Crippen LogP contribution in [0.1, 0.15) is 22.5 Å². The highest BCUT2D eigenvalue weighted by Crippen LogP contribution is 2.32. The lowest BCUT2D eigenvalue weighted by atomic mass is 10.1. The van der Waals surface area contributed by atoms with Crippen molar-refractivity contribution in [1.82, 2.24) is 24.8 Å². The molecule has 0 fully saturated rings. The summed E-state index contributed by atoms with van der Waals surface area (Å²) in [6, 6.07) is 8.93. The van der Waals surface area contributed by atoms with E-state index in [9.17, 15) is 13.2 Å². The number of hydrogen-bond donors (Lipinski definition) is 0. The predicted molar refractivity (Wildman–Crippen MR) is 116 cm³/mol. The number of alkyl halides is 3. The average Bonchev–Trinajstić information content (AvgIpc) is 3.27. The molecule has 0 atom stereocenters. The van der Waals surface area contributed by atoms with Gasteiger partial charge in [0.15, 0.2) is 5.82 Å². The van der Waals surface area contributed by atoms with E-state index in [2.05, 4.69) is 19.9 Å². The van der Waals surface area contributed by atoms with E-state index in [1.165, 1.54) is 23.5 Å². The zero-order chi connectivity index (χ0) is 22.1. The number of pyridine rings is 1. The van der Waals surface area contributed by atoms with E-state index in [1.807, 2.05) is 23.7 Å². The summed E-state index contributed by atoms with van der Waals surface area (Å²) < 4.78 is 38.3. The molecule has 1 aliphatic rings. The first-order valence-corrected chi connectivity index (χ1v) is 10.9. The second-order valence-corrected chi connectivity index (χ2v) is 8.44. The fourth-order valence-corrected chi connectivity index (χ4v) is 4.51. The Balaban J connectivity index is 1.26. The number of benzene rings is 1. The van der Waals surface area contributed by atoms with Crippen molar-refractivity contribution in [1.29, 1.82) is 0 Å². The highest BCUT2D eigenvalue weighted by molar-refractivity contribution is 7.13. The second kappa shape index (κ2) is 8.40. The van der Waals surface area contributed by atoms with E-state index in [1.54, 1.807) is 12.4 Å². The minimum absolute atomic E-state index is 0.653. The van der Waals surface area contributed by atoms with Crippen molar-refractivity contribution in [2.24, 2.45) is 0 Å². The summed E-state index contributed by atoms with van der Waals surface area (Å²) in [6.45, 7) is 2.26. The molecule has 0 radical (unpaired) electrons. The molecular formula is C23H18F3N5S. The minimum atomic E-state index is -4.33. The normalized spacial score (nSPS) is 14.3. The van der Waals surface area contributed by atoms with Gasteiger partial charge in [0.1, 0.15) is 5.01 Å². The van der Waals surface area contributed by atoms with Gasteiger partial charge in [-0.1, -0.05) is 12.1 Å². The monoisotopic (exact) mass is 453 g/mol. The molecule has 4 heterocycles. The van der Waals surface area contributed by atoms with Crippen molar-refractivity contribution in [3.05, 3.63) is 82.9 Å². The van der Waals surface area contributed by atoms with Crippen molar-refractivity contribution >= 4 is 11.3 Å². The Morgan fingerprint density at radius 2 is 1.75 bits per heavy atom. The molecule has 0 aliphatic carbocycles. The van der Waals surface area contributed by atoms with Gasteiger partial charge in [-0.2, -0.15) is 13.2 Å². The third kappa shape index (κ3) is 4.39. The van der Waals surface area contributed by atoms with Gasteiger partial charge in [-0.05, 0) is 24.3 Å². The zero-order valence-electron chi connectivity index (χ0n) is 16.9. The maximum absolute atomic E-state index is 12.8. The summed E-state index contributed by atoms with van der Waals surface area (Å²) in [5, 5.41) is 2.68. The van der Waals surface area contributed by atoms with Crippen LogP contribution in [0.5, 0.6) is 0 Å². The van der Waals surface area contributed by atoms with Gasteiger partial charge in [-0.25, -0.2) is 15.0 Å². The number of thiazole rings is 1. The largest absolute Gasteiger partial charge is 0.416 e. The van der Waals surface area contributed by atoms with E-state index < -0.39 is 11.7 Å². The predicted octanol–water partition coefficient (Wildman–Crippen LogP) is 5.24.